The highest BCUT2D eigenvalue weighted by atomic mass is 32.1. The molecule has 1 fully saturated rings. The summed E-state index contributed by atoms with van der Waals surface area (Å²) in [6, 6.07) is 6.00. The van der Waals surface area contributed by atoms with Crippen molar-refractivity contribution in [1.29, 1.82) is 0 Å². The molecule has 0 saturated carbocycles. The van der Waals surface area contributed by atoms with Crippen LogP contribution in [-0.4, -0.2) is 63.4 Å². The Balaban J connectivity index is 1.28. The molecule has 0 aromatic carbocycles. The lowest BCUT2D eigenvalue weighted by molar-refractivity contribution is -0.132. The maximum atomic E-state index is 12.7. The topological polar surface area (TPSA) is 74.2 Å². The maximum Gasteiger partial charge on any atom is 0.224 e. The summed E-state index contributed by atoms with van der Waals surface area (Å²) in [7, 11) is 0. The molecule has 0 spiro atoms. The molecular weight excluding hydrogens is 396 g/mol. The number of fused-ring (bicyclic) bond motifs is 1. The van der Waals surface area contributed by atoms with Gasteiger partial charge in [-0.05, 0) is 38.5 Å². The fraction of sp³-hybridized carbons (Fsp3) is 0.455. The Morgan fingerprint density at radius 2 is 1.93 bits per heavy atom. The van der Waals surface area contributed by atoms with E-state index in [9.17, 15) is 4.79 Å². The normalized spacial score (nSPS) is 15.0. The maximum absolute atomic E-state index is 12.7. The zero-order chi connectivity index (χ0) is 21.1. The van der Waals surface area contributed by atoms with Crippen LogP contribution in [0.3, 0.4) is 0 Å². The summed E-state index contributed by atoms with van der Waals surface area (Å²) in [5.41, 5.74) is 2.29. The number of anilines is 1. The molecule has 8 heteroatoms. The Labute approximate surface area is 181 Å². The molecule has 0 atom stereocenters. The zero-order valence-corrected chi connectivity index (χ0v) is 18.6. The lowest BCUT2D eigenvalue weighted by atomic mass is 10.2. The first kappa shape index (κ1) is 20.7. The molecule has 3 aromatic heterocycles. The second-order valence-corrected chi connectivity index (χ2v) is 8.94. The molecule has 1 saturated heterocycles. The van der Waals surface area contributed by atoms with Crippen molar-refractivity contribution in [3.63, 3.8) is 0 Å². The number of piperazine rings is 1. The number of hydrogen-bond donors (Lipinski definition) is 1. The predicted octanol–water partition coefficient (Wildman–Crippen LogP) is 3.16. The first-order chi connectivity index (χ1) is 14.5. The molecule has 0 radical (unpaired) electrons. The second kappa shape index (κ2) is 9.06. The minimum Gasteiger partial charge on any atom is -0.369 e. The number of pyridine rings is 1. The van der Waals surface area contributed by atoms with Crippen molar-refractivity contribution in [2.75, 3.05) is 38.0 Å². The van der Waals surface area contributed by atoms with Gasteiger partial charge >= 0.3 is 0 Å². The van der Waals surface area contributed by atoms with E-state index in [1.54, 1.807) is 11.3 Å². The van der Waals surface area contributed by atoms with E-state index in [2.05, 4.69) is 39.0 Å². The highest BCUT2D eigenvalue weighted by molar-refractivity contribution is 7.18. The molecule has 0 bridgehead atoms. The largest absolute Gasteiger partial charge is 0.369 e. The highest BCUT2D eigenvalue weighted by Crippen LogP contribution is 2.33. The second-order valence-electron chi connectivity index (χ2n) is 7.74. The smallest absolute Gasteiger partial charge is 0.224 e. The van der Waals surface area contributed by atoms with Gasteiger partial charge in [-0.1, -0.05) is 6.07 Å². The van der Waals surface area contributed by atoms with Crippen LogP contribution in [0.25, 0.3) is 10.2 Å². The molecule has 30 heavy (non-hydrogen) atoms. The van der Waals surface area contributed by atoms with Crippen molar-refractivity contribution in [3.05, 3.63) is 46.4 Å². The van der Waals surface area contributed by atoms with Gasteiger partial charge < -0.3 is 10.2 Å². The number of rotatable bonds is 6. The van der Waals surface area contributed by atoms with E-state index in [1.807, 2.05) is 36.2 Å². The van der Waals surface area contributed by atoms with Gasteiger partial charge in [0.1, 0.15) is 16.5 Å². The summed E-state index contributed by atoms with van der Waals surface area (Å²) < 4.78 is 0. The van der Waals surface area contributed by atoms with E-state index in [0.717, 1.165) is 60.3 Å². The van der Waals surface area contributed by atoms with Crippen molar-refractivity contribution < 1.29 is 4.79 Å². The van der Waals surface area contributed by atoms with E-state index >= 15 is 0 Å². The number of aromatic nitrogens is 3. The number of hydrogen-bond acceptors (Lipinski definition) is 7. The van der Waals surface area contributed by atoms with Crippen LogP contribution < -0.4 is 5.32 Å². The Morgan fingerprint density at radius 3 is 2.67 bits per heavy atom. The minimum atomic E-state index is 0.195. The Kier molecular flexibility index (Phi) is 6.24. The van der Waals surface area contributed by atoms with Crippen LogP contribution in [0.5, 0.6) is 0 Å². The van der Waals surface area contributed by atoms with Crippen LogP contribution in [0.2, 0.25) is 0 Å². The minimum absolute atomic E-state index is 0.195. The van der Waals surface area contributed by atoms with Crippen molar-refractivity contribution in [2.45, 2.75) is 33.7 Å². The first-order valence-corrected chi connectivity index (χ1v) is 11.2. The monoisotopic (exact) mass is 424 g/mol. The standard InChI is InChI=1S/C22H28N6OS/c1-15-16(2)30-22-20(15)21(25-17(3)26-22)24-9-7-19(29)28-12-10-27(11-13-28)14-18-6-4-5-8-23-18/h4-6,8H,7,9-14H2,1-3H3,(H,24,25,26). The van der Waals surface area contributed by atoms with Gasteiger partial charge in [-0.25, -0.2) is 9.97 Å². The third-order valence-electron chi connectivity index (χ3n) is 5.61. The van der Waals surface area contributed by atoms with Gasteiger partial charge in [-0.3, -0.25) is 14.7 Å². The molecule has 1 amide bonds. The Morgan fingerprint density at radius 1 is 1.13 bits per heavy atom. The van der Waals surface area contributed by atoms with Crippen molar-refractivity contribution >= 4 is 33.3 Å². The van der Waals surface area contributed by atoms with E-state index in [-0.39, 0.29) is 5.91 Å². The SMILES string of the molecule is Cc1nc(NCCC(=O)N2CCN(Cc3ccccn3)CC2)c2c(C)c(C)sc2n1. The Bertz CT molecular complexity index is 1030. The van der Waals surface area contributed by atoms with Crippen LogP contribution in [0.1, 0.15) is 28.4 Å². The lowest BCUT2D eigenvalue weighted by Gasteiger charge is -2.34. The fourth-order valence-corrected chi connectivity index (χ4v) is 4.88. The van der Waals surface area contributed by atoms with E-state index in [0.29, 0.717) is 13.0 Å². The fourth-order valence-electron chi connectivity index (χ4n) is 3.81. The van der Waals surface area contributed by atoms with Gasteiger partial charge in [0.05, 0.1) is 11.1 Å². The van der Waals surface area contributed by atoms with E-state index < -0.39 is 0 Å². The van der Waals surface area contributed by atoms with Gasteiger partial charge in [0, 0.05) is 56.8 Å². The average molecular weight is 425 g/mol. The summed E-state index contributed by atoms with van der Waals surface area (Å²) >= 11 is 1.69. The molecule has 1 aliphatic heterocycles. The number of carbonyl (C=O) groups excluding carboxylic acids is 1. The summed E-state index contributed by atoms with van der Waals surface area (Å²) in [6.07, 6.45) is 2.29. The van der Waals surface area contributed by atoms with Crippen LogP contribution >= 0.6 is 11.3 Å². The summed E-state index contributed by atoms with van der Waals surface area (Å²) in [4.78, 5) is 32.8. The first-order valence-electron chi connectivity index (χ1n) is 10.4. The number of nitrogens with one attached hydrogen (secondary N) is 1. The van der Waals surface area contributed by atoms with Crippen LogP contribution in [0.15, 0.2) is 24.4 Å². The number of amides is 1. The molecular formula is C22H28N6OS. The number of nitrogens with zero attached hydrogens (tertiary/aromatic N) is 5. The summed E-state index contributed by atoms with van der Waals surface area (Å²) in [6.45, 7) is 10.8. The molecule has 0 aliphatic carbocycles. The molecule has 1 N–H and O–H groups in total. The molecule has 158 valence electrons. The Hall–Kier alpha value is -2.58. The quantitative estimate of drug-likeness (QED) is 0.655. The van der Waals surface area contributed by atoms with Gasteiger partial charge in [0.25, 0.3) is 0 Å². The van der Waals surface area contributed by atoms with Gasteiger partial charge in [-0.2, -0.15) is 0 Å². The van der Waals surface area contributed by atoms with E-state index in [4.69, 9.17) is 0 Å². The third kappa shape index (κ3) is 4.60. The van der Waals surface area contributed by atoms with Gasteiger partial charge in [0.2, 0.25) is 5.91 Å². The highest BCUT2D eigenvalue weighted by Gasteiger charge is 2.21. The third-order valence-corrected chi connectivity index (χ3v) is 6.71. The predicted molar refractivity (Wildman–Crippen MR) is 121 cm³/mol. The van der Waals surface area contributed by atoms with Crippen molar-refractivity contribution in [1.82, 2.24) is 24.8 Å². The molecule has 4 rings (SSSR count). The van der Waals surface area contributed by atoms with Crippen LogP contribution in [0, 0.1) is 20.8 Å². The molecule has 0 unspecified atom stereocenters. The van der Waals surface area contributed by atoms with Crippen molar-refractivity contribution in [2.24, 2.45) is 0 Å². The average Bonchev–Trinajstić information content (AvgIpc) is 3.02. The zero-order valence-electron chi connectivity index (χ0n) is 17.8. The summed E-state index contributed by atoms with van der Waals surface area (Å²) in [5, 5.41) is 4.47. The molecule has 4 heterocycles. The van der Waals surface area contributed by atoms with Gasteiger partial charge in [-0.15, -0.1) is 11.3 Å². The van der Waals surface area contributed by atoms with Gasteiger partial charge in [0.15, 0.2) is 0 Å². The molecule has 7 nitrogen and oxygen atoms in total. The lowest BCUT2D eigenvalue weighted by Crippen LogP contribution is -2.48. The van der Waals surface area contributed by atoms with Crippen molar-refractivity contribution in [3.8, 4) is 0 Å². The number of thiophene rings is 1. The number of carbonyl (C=O) groups is 1. The molecule has 1 aliphatic rings. The van der Waals surface area contributed by atoms with E-state index in [1.165, 1.54) is 10.4 Å². The van der Waals surface area contributed by atoms with Crippen LogP contribution in [-0.2, 0) is 11.3 Å². The molecule has 3 aromatic rings. The van der Waals surface area contributed by atoms with Crippen LogP contribution in [0.4, 0.5) is 5.82 Å². The number of aryl methyl sites for hydroxylation is 3. The summed E-state index contributed by atoms with van der Waals surface area (Å²) in [5.74, 6) is 1.79.